The minimum atomic E-state index is 1.14. The summed E-state index contributed by atoms with van der Waals surface area (Å²) in [5.41, 5.74) is 7.05. The van der Waals surface area contributed by atoms with Crippen molar-refractivity contribution in [2.45, 2.75) is 0 Å². The van der Waals surface area contributed by atoms with Gasteiger partial charge in [0.2, 0.25) is 0 Å². The summed E-state index contributed by atoms with van der Waals surface area (Å²) in [7, 11) is 0. The van der Waals surface area contributed by atoms with Crippen LogP contribution in [0.15, 0.2) is 170 Å². The van der Waals surface area contributed by atoms with E-state index in [4.69, 9.17) is 0 Å². The number of hydrogen-bond acceptors (Lipinski definition) is 3. The number of thiophene rings is 2. The van der Waals surface area contributed by atoms with Crippen molar-refractivity contribution in [1.82, 2.24) is 4.57 Å². The highest BCUT2D eigenvalue weighted by molar-refractivity contribution is 7.26. The van der Waals surface area contributed by atoms with Gasteiger partial charge in [-0.05, 0) is 95.7 Å². The second kappa shape index (κ2) is 10.8. The topological polar surface area (TPSA) is 8.17 Å². The predicted octanol–water partition coefficient (Wildman–Crippen LogP) is 14.1. The molecule has 0 saturated carbocycles. The van der Waals surface area contributed by atoms with Crippen LogP contribution < -0.4 is 4.90 Å². The normalized spacial score (nSPS) is 12.0. The van der Waals surface area contributed by atoms with E-state index >= 15 is 0 Å². The van der Waals surface area contributed by atoms with E-state index in [0.717, 1.165) is 11.4 Å². The summed E-state index contributed by atoms with van der Waals surface area (Å²) in [6.07, 6.45) is 0. The lowest BCUT2D eigenvalue weighted by molar-refractivity contribution is 1.18. The molecule has 11 rings (SSSR count). The molecule has 0 aliphatic heterocycles. The lowest BCUT2D eigenvalue weighted by Crippen LogP contribution is -2.10. The number of fused-ring (bicyclic) bond motifs is 10. The van der Waals surface area contributed by atoms with Gasteiger partial charge < -0.3 is 9.47 Å². The Balaban J connectivity index is 1.19. The lowest BCUT2D eigenvalue weighted by Gasteiger charge is -2.27. The predicted molar refractivity (Wildman–Crippen MR) is 219 cm³/mol. The van der Waals surface area contributed by atoms with Gasteiger partial charge in [0.1, 0.15) is 0 Å². The van der Waals surface area contributed by atoms with E-state index in [-0.39, 0.29) is 0 Å². The Kier molecular flexibility index (Phi) is 6.03. The zero-order chi connectivity index (χ0) is 32.8. The average Bonchev–Trinajstić information content (AvgIpc) is 3.84. The highest BCUT2D eigenvalue weighted by Crippen LogP contribution is 2.47. The van der Waals surface area contributed by atoms with Crippen molar-refractivity contribution in [1.29, 1.82) is 0 Å². The van der Waals surface area contributed by atoms with E-state index in [1.165, 1.54) is 84.3 Å². The first kappa shape index (κ1) is 28.0. The first-order chi connectivity index (χ1) is 24.8. The highest BCUT2D eigenvalue weighted by Gasteiger charge is 2.21. The van der Waals surface area contributed by atoms with Crippen LogP contribution >= 0.6 is 22.7 Å². The van der Waals surface area contributed by atoms with Gasteiger partial charge in [-0.1, -0.05) is 84.9 Å². The molecule has 0 fully saturated rings. The number of hydrogen-bond donors (Lipinski definition) is 0. The van der Waals surface area contributed by atoms with Crippen LogP contribution in [0.25, 0.3) is 78.6 Å². The quantitative estimate of drug-likeness (QED) is 0.181. The van der Waals surface area contributed by atoms with Crippen LogP contribution in [0, 0.1) is 0 Å². The Labute approximate surface area is 296 Å². The van der Waals surface area contributed by atoms with Crippen molar-refractivity contribution in [2.75, 3.05) is 4.90 Å². The van der Waals surface area contributed by atoms with Crippen molar-refractivity contribution >= 4 is 113 Å². The zero-order valence-electron chi connectivity index (χ0n) is 26.9. The van der Waals surface area contributed by atoms with E-state index < -0.39 is 0 Å². The standard InChI is InChI=1S/C46H28N2S2/c1-2-11-31(12-3-1)48-39-16-7-4-13-34(39)37-28-33(23-24-40(37)48)47(41-17-10-20-44-46(41)36-15-6-9-19-43(36)49-44)32-22-21-29-26-38-35-14-5-8-18-42(35)50-45(38)27-30(29)25-32/h1-28H. The first-order valence-corrected chi connectivity index (χ1v) is 18.6. The SMILES string of the molecule is c1ccc(-n2c3ccccc3c3cc(N(c4ccc5cc6c(cc5c4)sc4ccccc46)c4cccc5sc6ccccc6c45)ccc32)cc1. The molecule has 3 heterocycles. The minimum Gasteiger partial charge on any atom is -0.310 e. The summed E-state index contributed by atoms with van der Waals surface area (Å²) in [6.45, 7) is 0. The molecule has 2 nitrogen and oxygen atoms in total. The number of nitrogens with zero attached hydrogens (tertiary/aromatic N) is 2. The molecule has 11 aromatic rings. The molecule has 0 spiro atoms. The molecule has 234 valence electrons. The molecule has 0 aliphatic rings. The number of anilines is 3. The molecule has 8 aromatic carbocycles. The Bertz CT molecular complexity index is 3110. The highest BCUT2D eigenvalue weighted by atomic mass is 32.1. The summed E-state index contributed by atoms with van der Waals surface area (Å²) in [5.74, 6) is 0. The Hall–Kier alpha value is -5.94. The molecular formula is C46H28N2S2. The van der Waals surface area contributed by atoms with Gasteiger partial charge in [0.05, 0.1) is 16.7 Å². The number of para-hydroxylation sites is 2. The fourth-order valence-electron chi connectivity index (χ4n) is 7.92. The van der Waals surface area contributed by atoms with Crippen molar-refractivity contribution in [3.63, 3.8) is 0 Å². The monoisotopic (exact) mass is 672 g/mol. The van der Waals surface area contributed by atoms with Gasteiger partial charge in [-0.2, -0.15) is 0 Å². The molecule has 0 saturated heterocycles. The summed E-state index contributed by atoms with van der Waals surface area (Å²) in [5, 5.41) is 10.2. The molecule has 0 bridgehead atoms. The van der Waals surface area contributed by atoms with Gasteiger partial charge in [-0.25, -0.2) is 0 Å². The molecule has 0 atom stereocenters. The summed E-state index contributed by atoms with van der Waals surface area (Å²) < 4.78 is 7.64. The summed E-state index contributed by atoms with van der Waals surface area (Å²) >= 11 is 3.74. The Morgan fingerprint density at radius 1 is 0.380 bits per heavy atom. The van der Waals surface area contributed by atoms with Crippen molar-refractivity contribution < 1.29 is 0 Å². The largest absolute Gasteiger partial charge is 0.310 e. The van der Waals surface area contributed by atoms with Gasteiger partial charge in [-0.3, -0.25) is 0 Å². The summed E-state index contributed by atoms with van der Waals surface area (Å²) in [6, 6.07) is 62.5. The fraction of sp³-hybridized carbons (Fsp3) is 0. The molecule has 0 aliphatic carbocycles. The third kappa shape index (κ3) is 4.13. The maximum atomic E-state index is 2.48. The van der Waals surface area contributed by atoms with Gasteiger partial charge in [-0.15, -0.1) is 22.7 Å². The average molecular weight is 673 g/mol. The third-order valence-corrected chi connectivity index (χ3v) is 12.4. The molecule has 3 aromatic heterocycles. The molecule has 50 heavy (non-hydrogen) atoms. The lowest BCUT2D eigenvalue weighted by atomic mass is 10.0. The van der Waals surface area contributed by atoms with E-state index in [1.54, 1.807) is 0 Å². The van der Waals surface area contributed by atoms with E-state index in [2.05, 4.69) is 179 Å². The van der Waals surface area contributed by atoms with Crippen LogP contribution in [-0.2, 0) is 0 Å². The van der Waals surface area contributed by atoms with Crippen LogP contribution in [0.3, 0.4) is 0 Å². The third-order valence-electron chi connectivity index (χ3n) is 10.1. The molecule has 0 unspecified atom stereocenters. The maximum Gasteiger partial charge on any atom is 0.0554 e. The van der Waals surface area contributed by atoms with E-state index in [1.807, 2.05) is 22.7 Å². The summed E-state index contributed by atoms with van der Waals surface area (Å²) in [4.78, 5) is 2.48. The fourth-order valence-corrected chi connectivity index (χ4v) is 10.2. The van der Waals surface area contributed by atoms with Crippen LogP contribution in [0.4, 0.5) is 17.1 Å². The molecule has 0 N–H and O–H groups in total. The van der Waals surface area contributed by atoms with Crippen LogP contribution in [0.2, 0.25) is 0 Å². The van der Waals surface area contributed by atoms with Crippen LogP contribution in [0.1, 0.15) is 0 Å². The minimum absolute atomic E-state index is 1.14. The van der Waals surface area contributed by atoms with Crippen LogP contribution in [0.5, 0.6) is 0 Å². The van der Waals surface area contributed by atoms with E-state index in [0.29, 0.717) is 0 Å². The van der Waals surface area contributed by atoms with Gasteiger partial charge in [0.25, 0.3) is 0 Å². The Morgan fingerprint density at radius 2 is 1.04 bits per heavy atom. The molecule has 0 amide bonds. The number of benzene rings is 8. The zero-order valence-corrected chi connectivity index (χ0v) is 28.5. The molecular weight excluding hydrogens is 645 g/mol. The smallest absolute Gasteiger partial charge is 0.0554 e. The second-order valence-corrected chi connectivity index (χ2v) is 15.1. The van der Waals surface area contributed by atoms with Gasteiger partial charge in [0.15, 0.2) is 0 Å². The van der Waals surface area contributed by atoms with Crippen molar-refractivity contribution in [3.05, 3.63) is 170 Å². The maximum absolute atomic E-state index is 2.48. The number of rotatable bonds is 4. The first-order valence-electron chi connectivity index (χ1n) is 16.9. The van der Waals surface area contributed by atoms with Crippen molar-refractivity contribution in [3.8, 4) is 5.69 Å². The Morgan fingerprint density at radius 3 is 1.92 bits per heavy atom. The second-order valence-electron chi connectivity index (χ2n) is 13.0. The molecule has 0 radical (unpaired) electrons. The van der Waals surface area contributed by atoms with Gasteiger partial charge in [0, 0.05) is 68.2 Å². The van der Waals surface area contributed by atoms with Crippen molar-refractivity contribution in [2.24, 2.45) is 0 Å². The van der Waals surface area contributed by atoms with Crippen LogP contribution in [-0.4, -0.2) is 4.57 Å². The van der Waals surface area contributed by atoms with E-state index in [9.17, 15) is 0 Å². The van der Waals surface area contributed by atoms with Gasteiger partial charge >= 0.3 is 0 Å². The number of aromatic nitrogens is 1. The molecule has 4 heteroatoms.